The number of halogens is 1. The lowest BCUT2D eigenvalue weighted by molar-refractivity contribution is 0.497. The number of rotatable bonds is 10. The summed E-state index contributed by atoms with van der Waals surface area (Å²) in [4.78, 5) is 12.5. The predicted octanol–water partition coefficient (Wildman–Crippen LogP) is 4.72. The number of anilines is 1. The number of nitrogens with one attached hydrogen (secondary N) is 3. The van der Waals surface area contributed by atoms with Gasteiger partial charge in [0.25, 0.3) is 0 Å². The maximum atomic E-state index is 6.45. The van der Waals surface area contributed by atoms with Crippen LogP contribution in [0.4, 0.5) is 5.95 Å². The van der Waals surface area contributed by atoms with Crippen molar-refractivity contribution >= 4 is 28.5 Å². The maximum absolute atomic E-state index is 6.45. The lowest BCUT2D eigenvalue weighted by Crippen LogP contribution is -2.29. The van der Waals surface area contributed by atoms with E-state index in [-0.39, 0.29) is 0 Å². The van der Waals surface area contributed by atoms with Gasteiger partial charge in [0.05, 0.1) is 16.9 Å². The third-order valence-corrected chi connectivity index (χ3v) is 6.19. The van der Waals surface area contributed by atoms with Crippen LogP contribution >= 0.6 is 11.6 Å². The Morgan fingerprint density at radius 1 is 1.10 bits per heavy atom. The van der Waals surface area contributed by atoms with Crippen LogP contribution in [-0.2, 0) is 0 Å². The molecule has 1 aliphatic rings. The number of H-pyrrole nitrogens is 1. The van der Waals surface area contributed by atoms with Gasteiger partial charge < -0.3 is 21.4 Å². The summed E-state index contributed by atoms with van der Waals surface area (Å²) in [6.07, 6.45) is 11.9. The second-order valence-corrected chi connectivity index (χ2v) is 8.55. The van der Waals surface area contributed by atoms with Gasteiger partial charge in [0, 0.05) is 34.7 Å². The molecule has 0 unspecified atom stereocenters. The van der Waals surface area contributed by atoms with Crippen molar-refractivity contribution in [1.29, 1.82) is 0 Å². The fourth-order valence-electron chi connectivity index (χ4n) is 4.30. The number of aromatic amines is 1. The Hall–Kier alpha value is -2.15. The van der Waals surface area contributed by atoms with Crippen LogP contribution in [-0.4, -0.2) is 40.1 Å². The Morgan fingerprint density at radius 3 is 2.83 bits per heavy atom. The minimum absolute atomic E-state index is 0.386. The number of hydrogen-bond acceptors (Lipinski definition) is 5. The zero-order chi connectivity index (χ0) is 20.8. The molecule has 0 amide bonds. The van der Waals surface area contributed by atoms with Crippen LogP contribution in [0.25, 0.3) is 22.2 Å². The van der Waals surface area contributed by atoms with Crippen LogP contribution in [0, 0.1) is 0 Å². The van der Waals surface area contributed by atoms with E-state index in [9.17, 15) is 0 Å². The molecule has 0 saturated heterocycles. The monoisotopic (exact) mass is 426 g/mol. The predicted molar refractivity (Wildman–Crippen MR) is 125 cm³/mol. The summed E-state index contributed by atoms with van der Waals surface area (Å²) in [6, 6.07) is 9.13. The summed E-state index contributed by atoms with van der Waals surface area (Å²) < 4.78 is 0. The minimum Gasteiger partial charge on any atom is -0.360 e. The number of para-hydroxylation sites is 1. The van der Waals surface area contributed by atoms with Crippen molar-refractivity contribution in [2.24, 2.45) is 5.73 Å². The summed E-state index contributed by atoms with van der Waals surface area (Å²) >= 11 is 6.45. The highest BCUT2D eigenvalue weighted by atomic mass is 35.5. The maximum Gasteiger partial charge on any atom is 0.223 e. The highest BCUT2D eigenvalue weighted by Gasteiger charge is 2.25. The lowest BCUT2D eigenvalue weighted by Gasteiger charge is -2.15. The van der Waals surface area contributed by atoms with Crippen molar-refractivity contribution < 1.29 is 0 Å². The van der Waals surface area contributed by atoms with Gasteiger partial charge in [0.15, 0.2) is 0 Å². The van der Waals surface area contributed by atoms with E-state index < -0.39 is 0 Å². The summed E-state index contributed by atoms with van der Waals surface area (Å²) in [5.74, 6) is 0.645. The Bertz CT molecular complexity index is 956. The van der Waals surface area contributed by atoms with Gasteiger partial charge in [-0.3, -0.25) is 0 Å². The number of benzene rings is 1. The quantitative estimate of drug-likeness (QED) is 0.352. The second kappa shape index (κ2) is 10.2. The molecule has 5 N–H and O–H groups in total. The number of hydrogen-bond donors (Lipinski definition) is 4. The molecule has 2 atom stereocenters. The lowest BCUT2D eigenvalue weighted by atomic mass is 10.1. The highest BCUT2D eigenvalue weighted by Crippen LogP contribution is 2.32. The molecular formula is C23H31ClN6. The van der Waals surface area contributed by atoms with Crippen LogP contribution in [0.1, 0.15) is 44.9 Å². The molecular weight excluding hydrogens is 396 g/mol. The Labute approximate surface area is 183 Å². The van der Waals surface area contributed by atoms with E-state index in [2.05, 4.69) is 32.7 Å². The highest BCUT2D eigenvalue weighted by molar-refractivity contribution is 6.33. The van der Waals surface area contributed by atoms with E-state index in [1.807, 2.05) is 18.3 Å². The van der Waals surface area contributed by atoms with Crippen molar-refractivity contribution in [2.45, 2.75) is 57.0 Å². The number of nitrogens with zero attached hydrogens (tertiary/aromatic N) is 2. The van der Waals surface area contributed by atoms with Gasteiger partial charge in [-0.25, -0.2) is 9.97 Å². The van der Waals surface area contributed by atoms with Gasteiger partial charge in [0.1, 0.15) is 0 Å². The molecule has 160 valence electrons. The van der Waals surface area contributed by atoms with Crippen LogP contribution in [0.15, 0.2) is 36.7 Å². The van der Waals surface area contributed by atoms with E-state index in [0.29, 0.717) is 23.1 Å². The standard InChI is InChI=1S/C23H31ClN6/c24-20-15-28-23(30-22(20)19-14-27-21-8-4-3-7-18(19)21)29-17-10-9-16(13-17)26-12-6-2-1-5-11-25/h3-4,7-8,14-17,26-27H,1-2,5-6,9-13,25H2,(H,28,29,30)/t16-,17-/m0/s1. The molecule has 2 heterocycles. The normalized spacial score (nSPS) is 18.9. The van der Waals surface area contributed by atoms with E-state index in [4.69, 9.17) is 22.3 Å². The van der Waals surface area contributed by atoms with Gasteiger partial charge in [-0.2, -0.15) is 0 Å². The summed E-state index contributed by atoms with van der Waals surface area (Å²) in [6.45, 7) is 1.89. The van der Waals surface area contributed by atoms with Gasteiger partial charge in [0.2, 0.25) is 5.95 Å². The zero-order valence-electron chi connectivity index (χ0n) is 17.3. The first-order valence-corrected chi connectivity index (χ1v) is 11.4. The average Bonchev–Trinajstić information content (AvgIpc) is 3.39. The molecule has 1 aliphatic carbocycles. The van der Waals surface area contributed by atoms with Crippen molar-refractivity contribution in [3.63, 3.8) is 0 Å². The molecule has 1 fully saturated rings. The smallest absolute Gasteiger partial charge is 0.223 e. The number of unbranched alkanes of at least 4 members (excludes halogenated alkanes) is 3. The second-order valence-electron chi connectivity index (χ2n) is 8.15. The molecule has 6 nitrogen and oxygen atoms in total. The zero-order valence-corrected chi connectivity index (χ0v) is 18.1. The number of aromatic nitrogens is 3. The molecule has 7 heteroatoms. The van der Waals surface area contributed by atoms with Crippen molar-refractivity contribution in [3.05, 3.63) is 41.7 Å². The van der Waals surface area contributed by atoms with Crippen LogP contribution in [0.5, 0.6) is 0 Å². The molecule has 0 spiro atoms. The number of fused-ring (bicyclic) bond motifs is 1. The molecule has 3 aromatic rings. The first-order chi connectivity index (χ1) is 14.7. The molecule has 0 aliphatic heterocycles. The minimum atomic E-state index is 0.386. The molecule has 4 rings (SSSR count). The average molecular weight is 427 g/mol. The molecule has 1 aromatic carbocycles. The van der Waals surface area contributed by atoms with Crippen LogP contribution < -0.4 is 16.4 Å². The SMILES string of the molecule is NCCCCCCN[C@H]1CC[C@H](Nc2ncc(Cl)c(-c3c[nH]c4ccccc34)n2)C1. The van der Waals surface area contributed by atoms with Crippen LogP contribution in [0.2, 0.25) is 5.02 Å². The largest absolute Gasteiger partial charge is 0.360 e. The Kier molecular flexibility index (Phi) is 7.20. The third-order valence-electron chi connectivity index (χ3n) is 5.92. The van der Waals surface area contributed by atoms with Gasteiger partial charge in [-0.05, 0) is 51.3 Å². The fraction of sp³-hybridized carbons (Fsp3) is 0.478. The summed E-state index contributed by atoms with van der Waals surface area (Å²) in [5, 5.41) is 8.89. The Morgan fingerprint density at radius 2 is 1.93 bits per heavy atom. The molecule has 30 heavy (non-hydrogen) atoms. The molecule has 1 saturated carbocycles. The molecule has 0 bridgehead atoms. The van der Waals surface area contributed by atoms with Crippen LogP contribution in [0.3, 0.4) is 0 Å². The first-order valence-electron chi connectivity index (χ1n) is 11.0. The van der Waals surface area contributed by atoms with E-state index >= 15 is 0 Å². The van der Waals surface area contributed by atoms with E-state index in [0.717, 1.165) is 54.5 Å². The first kappa shape index (κ1) is 21.1. The van der Waals surface area contributed by atoms with E-state index in [1.54, 1.807) is 6.20 Å². The molecule has 2 aromatic heterocycles. The molecule has 0 radical (unpaired) electrons. The third kappa shape index (κ3) is 5.12. The van der Waals surface area contributed by atoms with Gasteiger partial charge in [-0.15, -0.1) is 0 Å². The summed E-state index contributed by atoms with van der Waals surface area (Å²) in [5.41, 5.74) is 8.39. The fourth-order valence-corrected chi connectivity index (χ4v) is 4.50. The number of nitrogens with two attached hydrogens (primary N) is 1. The topological polar surface area (TPSA) is 91.6 Å². The van der Waals surface area contributed by atoms with Gasteiger partial charge >= 0.3 is 0 Å². The van der Waals surface area contributed by atoms with Gasteiger partial charge in [-0.1, -0.05) is 42.6 Å². The van der Waals surface area contributed by atoms with Crippen molar-refractivity contribution in [3.8, 4) is 11.3 Å². The Balaban J connectivity index is 1.34. The van der Waals surface area contributed by atoms with Crippen molar-refractivity contribution in [2.75, 3.05) is 18.4 Å². The van der Waals surface area contributed by atoms with E-state index in [1.165, 1.54) is 25.7 Å². The summed E-state index contributed by atoms with van der Waals surface area (Å²) in [7, 11) is 0. The van der Waals surface area contributed by atoms with Crippen molar-refractivity contribution in [1.82, 2.24) is 20.3 Å².